The van der Waals surface area contributed by atoms with Crippen molar-refractivity contribution in [3.63, 3.8) is 0 Å². The molecule has 0 aliphatic carbocycles. The molecule has 0 radical (unpaired) electrons. The van der Waals surface area contributed by atoms with Crippen molar-refractivity contribution in [1.29, 1.82) is 0 Å². The molecule has 48 heavy (non-hydrogen) atoms. The Morgan fingerprint density at radius 1 is 0.958 bits per heavy atom. The highest BCUT2D eigenvalue weighted by Crippen LogP contribution is 2.41. The van der Waals surface area contributed by atoms with E-state index in [2.05, 4.69) is 20.9 Å². The number of likely N-dealkylation sites (N-methyl/N-ethyl adjacent to an activating group) is 1. The molecule has 2 aromatic carbocycles. The molecule has 1 atom stereocenters. The third-order valence-electron chi connectivity index (χ3n) is 9.09. The second-order valence-electron chi connectivity index (χ2n) is 13.0. The molecule has 0 bridgehead atoms. The Morgan fingerprint density at radius 3 is 2.38 bits per heavy atom. The molecule has 1 aromatic heterocycles. The Hall–Kier alpha value is -4.42. The average Bonchev–Trinajstić information content (AvgIpc) is 3.46. The lowest BCUT2D eigenvalue weighted by atomic mass is 9.85. The quantitative estimate of drug-likeness (QED) is 0.170. The van der Waals surface area contributed by atoms with Gasteiger partial charge >= 0.3 is 5.97 Å². The van der Waals surface area contributed by atoms with Crippen LogP contribution in [0.5, 0.6) is 0 Å². The molecule has 3 aromatic rings. The molecule has 0 fully saturated rings. The zero-order valence-electron chi connectivity index (χ0n) is 28.9. The number of hydrogen-bond acceptors (Lipinski definition) is 9. The van der Waals surface area contributed by atoms with Gasteiger partial charge in [0.2, 0.25) is 11.8 Å². The van der Waals surface area contributed by atoms with Crippen LogP contribution in [0.25, 0.3) is 22.5 Å². The normalized spacial score (nSPS) is 13.7. The number of nitrogens with zero attached hydrogens (tertiary/aromatic N) is 4. The molecule has 1 unspecified atom stereocenters. The van der Waals surface area contributed by atoms with Gasteiger partial charge in [0.25, 0.3) is 0 Å². The molecule has 1 aliphatic heterocycles. The summed E-state index contributed by atoms with van der Waals surface area (Å²) in [6, 6.07) is 15.1. The van der Waals surface area contributed by atoms with Crippen LogP contribution in [0.3, 0.4) is 0 Å². The van der Waals surface area contributed by atoms with Gasteiger partial charge in [0, 0.05) is 49.1 Å². The van der Waals surface area contributed by atoms with Gasteiger partial charge in [0.1, 0.15) is 24.6 Å². The SMILES string of the molecule is CCC(C)(CNC(=O)CCC(=O)N1Cc2ccccc2-c2c(nnn2CC(=O)OCCNC)-c2ccccc21)OCCC(C)(C)C(C)=O. The number of rotatable bonds is 16. The lowest BCUT2D eigenvalue weighted by Gasteiger charge is -2.31. The number of aromatic nitrogens is 3. The fraction of sp³-hybridized carbons (Fsp3) is 0.500. The standard InChI is InChI=1S/C36H48N6O6/c1-7-36(5,48-20-18-35(3,4)25(2)43)24-38-30(44)16-17-31(45)41-22-26-12-8-9-13-27(26)34-33(28-14-10-11-15-29(28)41)39-40-42(34)23-32(46)47-21-19-37-6/h8-15,37H,7,16-24H2,1-6H3,(H,38,44). The van der Waals surface area contributed by atoms with Gasteiger partial charge in [0.15, 0.2) is 0 Å². The number of benzene rings is 2. The highest BCUT2D eigenvalue weighted by molar-refractivity contribution is 6.01. The Kier molecular flexibility index (Phi) is 12.2. The summed E-state index contributed by atoms with van der Waals surface area (Å²) < 4.78 is 13.0. The van der Waals surface area contributed by atoms with E-state index in [9.17, 15) is 19.2 Å². The first-order valence-corrected chi connectivity index (χ1v) is 16.5. The highest BCUT2D eigenvalue weighted by Gasteiger charge is 2.31. The van der Waals surface area contributed by atoms with Crippen LogP contribution >= 0.6 is 0 Å². The van der Waals surface area contributed by atoms with E-state index in [1.54, 1.807) is 23.6 Å². The van der Waals surface area contributed by atoms with Crippen LogP contribution < -0.4 is 15.5 Å². The molecule has 2 heterocycles. The van der Waals surface area contributed by atoms with E-state index < -0.39 is 17.0 Å². The number of anilines is 1. The van der Waals surface area contributed by atoms with Crippen molar-refractivity contribution in [1.82, 2.24) is 25.6 Å². The summed E-state index contributed by atoms with van der Waals surface area (Å²) in [4.78, 5) is 53.0. The van der Waals surface area contributed by atoms with E-state index in [4.69, 9.17) is 9.47 Å². The summed E-state index contributed by atoms with van der Waals surface area (Å²) in [6.45, 7) is 10.9. The predicted octanol–water partition coefficient (Wildman–Crippen LogP) is 4.31. The molecule has 0 saturated carbocycles. The van der Waals surface area contributed by atoms with Gasteiger partial charge in [0.05, 0.1) is 23.5 Å². The second kappa shape index (κ2) is 16.1. The third-order valence-corrected chi connectivity index (χ3v) is 9.09. The maximum Gasteiger partial charge on any atom is 0.327 e. The van der Waals surface area contributed by atoms with Crippen LogP contribution in [0.4, 0.5) is 5.69 Å². The van der Waals surface area contributed by atoms with Crippen LogP contribution in [0.15, 0.2) is 48.5 Å². The number of ketones is 1. The number of fused-ring (bicyclic) bond motifs is 5. The second-order valence-corrected chi connectivity index (χ2v) is 13.0. The lowest BCUT2D eigenvalue weighted by molar-refractivity contribution is -0.144. The predicted molar refractivity (Wildman–Crippen MR) is 183 cm³/mol. The minimum atomic E-state index is -0.600. The summed E-state index contributed by atoms with van der Waals surface area (Å²) in [5.74, 6) is -0.776. The number of ether oxygens (including phenoxy) is 2. The molecule has 12 nitrogen and oxygen atoms in total. The molecule has 258 valence electrons. The van der Waals surface area contributed by atoms with E-state index in [1.807, 2.05) is 76.2 Å². The van der Waals surface area contributed by atoms with Gasteiger partial charge in [-0.2, -0.15) is 0 Å². The Bertz CT molecular complexity index is 1620. The van der Waals surface area contributed by atoms with Crippen molar-refractivity contribution in [2.75, 3.05) is 38.3 Å². The lowest BCUT2D eigenvalue weighted by Crippen LogP contribution is -2.43. The van der Waals surface area contributed by atoms with Gasteiger partial charge in [-0.15, -0.1) is 5.10 Å². The van der Waals surface area contributed by atoms with Crippen molar-refractivity contribution < 1.29 is 28.7 Å². The number of Topliss-reactive ketones (excluding diaryl/α,β-unsaturated/α-hetero) is 1. The zero-order chi connectivity index (χ0) is 34.9. The summed E-state index contributed by atoms with van der Waals surface area (Å²) >= 11 is 0. The van der Waals surface area contributed by atoms with Crippen molar-refractivity contribution >= 4 is 29.3 Å². The van der Waals surface area contributed by atoms with Crippen molar-refractivity contribution in [3.8, 4) is 22.5 Å². The van der Waals surface area contributed by atoms with Gasteiger partial charge in [-0.05, 0) is 45.4 Å². The molecule has 4 rings (SSSR count). The highest BCUT2D eigenvalue weighted by atomic mass is 16.5. The zero-order valence-corrected chi connectivity index (χ0v) is 28.9. The van der Waals surface area contributed by atoms with E-state index in [1.165, 1.54) is 0 Å². The number of carbonyl (C=O) groups excluding carboxylic acids is 4. The molecule has 2 N–H and O–H groups in total. The smallest absolute Gasteiger partial charge is 0.327 e. The fourth-order valence-corrected chi connectivity index (χ4v) is 5.32. The van der Waals surface area contributed by atoms with Crippen LogP contribution in [0.1, 0.15) is 65.9 Å². The van der Waals surface area contributed by atoms with Gasteiger partial charge in [-0.25, -0.2) is 4.68 Å². The van der Waals surface area contributed by atoms with Gasteiger partial charge in [-0.3, -0.25) is 19.2 Å². The van der Waals surface area contributed by atoms with Crippen LogP contribution in [0.2, 0.25) is 0 Å². The summed E-state index contributed by atoms with van der Waals surface area (Å²) in [6.07, 6.45) is 1.26. The molecule has 0 saturated heterocycles. The topological polar surface area (TPSA) is 145 Å². The number of para-hydroxylation sites is 1. The first-order valence-electron chi connectivity index (χ1n) is 16.5. The molecular formula is C36H48N6O6. The van der Waals surface area contributed by atoms with Crippen LogP contribution in [-0.4, -0.2) is 77.5 Å². The number of esters is 1. The first kappa shape index (κ1) is 36.4. The molecule has 2 amide bonds. The van der Waals surface area contributed by atoms with Gasteiger partial charge < -0.3 is 25.0 Å². The van der Waals surface area contributed by atoms with Crippen molar-refractivity contribution in [2.45, 2.75) is 79.0 Å². The van der Waals surface area contributed by atoms with Crippen LogP contribution in [0, 0.1) is 5.41 Å². The van der Waals surface area contributed by atoms with E-state index in [0.717, 1.165) is 11.1 Å². The average molecular weight is 661 g/mol. The molecule has 0 spiro atoms. The largest absolute Gasteiger partial charge is 0.463 e. The minimum Gasteiger partial charge on any atom is -0.463 e. The Labute approximate surface area is 282 Å². The number of hydrogen-bond donors (Lipinski definition) is 2. The van der Waals surface area contributed by atoms with E-state index in [0.29, 0.717) is 55.2 Å². The van der Waals surface area contributed by atoms with E-state index >= 15 is 0 Å². The maximum atomic E-state index is 13.9. The number of carbonyl (C=O) groups is 4. The third kappa shape index (κ3) is 8.93. The summed E-state index contributed by atoms with van der Waals surface area (Å²) in [5, 5.41) is 14.7. The minimum absolute atomic E-state index is 0.00314. The molecular weight excluding hydrogens is 612 g/mol. The summed E-state index contributed by atoms with van der Waals surface area (Å²) in [7, 11) is 1.78. The van der Waals surface area contributed by atoms with Gasteiger partial charge in [-0.1, -0.05) is 68.4 Å². The van der Waals surface area contributed by atoms with Crippen molar-refractivity contribution in [3.05, 3.63) is 54.1 Å². The summed E-state index contributed by atoms with van der Waals surface area (Å²) in [5.41, 5.74) is 3.13. The number of amides is 2. The Morgan fingerprint density at radius 2 is 1.67 bits per heavy atom. The first-order chi connectivity index (χ1) is 22.9. The molecule has 12 heteroatoms. The maximum absolute atomic E-state index is 13.9. The molecule has 1 aliphatic rings. The van der Waals surface area contributed by atoms with Crippen LogP contribution in [-0.2, 0) is 41.7 Å². The Balaban J connectivity index is 1.48. The monoisotopic (exact) mass is 660 g/mol. The number of nitrogens with one attached hydrogen (secondary N) is 2. The fourth-order valence-electron chi connectivity index (χ4n) is 5.32. The van der Waals surface area contributed by atoms with Crippen molar-refractivity contribution in [2.24, 2.45) is 5.41 Å². The van der Waals surface area contributed by atoms with E-state index in [-0.39, 0.29) is 50.1 Å².